The lowest BCUT2D eigenvalue weighted by Crippen LogP contribution is -2.41. The molecule has 0 fully saturated rings. The number of ketones is 1. The van der Waals surface area contributed by atoms with Gasteiger partial charge in [-0.2, -0.15) is 0 Å². The van der Waals surface area contributed by atoms with Crippen molar-refractivity contribution in [1.82, 2.24) is 23.9 Å². The molecule has 0 unspecified atom stereocenters. The number of Topliss-reactive ketones (excluding diaryl/α,β-unsaturated/α-hetero) is 1. The molecule has 0 spiro atoms. The van der Waals surface area contributed by atoms with Crippen LogP contribution in [0.2, 0.25) is 0 Å². The fourth-order valence-corrected chi connectivity index (χ4v) is 4.14. The van der Waals surface area contributed by atoms with Crippen LogP contribution < -0.4 is 17.0 Å². The molecule has 2 heterocycles. The Labute approximate surface area is 191 Å². The van der Waals surface area contributed by atoms with Crippen molar-refractivity contribution in [2.45, 2.75) is 5.16 Å². The van der Waals surface area contributed by atoms with E-state index in [1.807, 2.05) is 18.2 Å². The summed E-state index contributed by atoms with van der Waals surface area (Å²) in [5, 5.41) is 8.64. The van der Waals surface area contributed by atoms with Crippen LogP contribution >= 0.6 is 11.8 Å². The maximum atomic E-state index is 14.5. The Morgan fingerprint density at radius 3 is 2.36 bits per heavy atom. The average Bonchev–Trinajstić information content (AvgIpc) is 3.25. The first-order chi connectivity index (χ1) is 15.8. The third kappa shape index (κ3) is 3.98. The largest absolute Gasteiger partial charge is 0.384 e. The van der Waals surface area contributed by atoms with Crippen molar-refractivity contribution < 1.29 is 9.18 Å². The van der Waals surface area contributed by atoms with Crippen LogP contribution in [0.15, 0.2) is 69.3 Å². The third-order valence-electron chi connectivity index (χ3n) is 5.08. The van der Waals surface area contributed by atoms with Crippen LogP contribution in [0.4, 0.5) is 10.2 Å². The molecule has 0 saturated carbocycles. The minimum Gasteiger partial charge on any atom is -0.384 e. The molecule has 2 N–H and O–H groups in total. The zero-order valence-corrected chi connectivity index (χ0v) is 18.5. The van der Waals surface area contributed by atoms with Crippen LogP contribution in [0.5, 0.6) is 0 Å². The Kier molecular flexibility index (Phi) is 5.97. The first-order valence-corrected chi connectivity index (χ1v) is 10.8. The number of carbonyl (C=O) groups excluding carboxylic acids is 1. The zero-order valence-electron chi connectivity index (χ0n) is 17.7. The van der Waals surface area contributed by atoms with Crippen molar-refractivity contribution in [2.75, 3.05) is 11.5 Å². The quantitative estimate of drug-likeness (QED) is 0.341. The SMILES string of the molecule is Cn1c(N)c(C(=O)CSc2nnc(-c3ccccc3F)n2-c2ccccc2)c(=O)n(C)c1=O. The summed E-state index contributed by atoms with van der Waals surface area (Å²) in [6.45, 7) is 0. The number of thioether (sulfide) groups is 1. The topological polar surface area (TPSA) is 118 Å². The highest BCUT2D eigenvalue weighted by molar-refractivity contribution is 7.99. The molecule has 2 aromatic carbocycles. The number of rotatable bonds is 6. The van der Waals surface area contributed by atoms with E-state index in [0.717, 1.165) is 20.9 Å². The van der Waals surface area contributed by atoms with Gasteiger partial charge in [0.1, 0.15) is 17.2 Å². The van der Waals surface area contributed by atoms with Gasteiger partial charge < -0.3 is 5.73 Å². The van der Waals surface area contributed by atoms with Gasteiger partial charge in [-0.15, -0.1) is 10.2 Å². The molecular formula is C22H19FN6O3S. The Hall–Kier alpha value is -3.99. The van der Waals surface area contributed by atoms with Gasteiger partial charge in [-0.3, -0.25) is 23.3 Å². The smallest absolute Gasteiger partial charge is 0.332 e. The number of aromatic nitrogens is 5. The summed E-state index contributed by atoms with van der Waals surface area (Å²) in [5.74, 6) is -1.16. The molecule has 0 bridgehead atoms. The fourth-order valence-electron chi connectivity index (χ4n) is 3.31. The van der Waals surface area contributed by atoms with Crippen molar-refractivity contribution in [2.24, 2.45) is 14.1 Å². The molecule has 0 aliphatic carbocycles. The summed E-state index contributed by atoms with van der Waals surface area (Å²) < 4.78 is 18.0. The second-order valence-corrected chi connectivity index (χ2v) is 8.08. The van der Waals surface area contributed by atoms with E-state index in [9.17, 15) is 18.8 Å². The highest BCUT2D eigenvalue weighted by Crippen LogP contribution is 2.29. The summed E-state index contributed by atoms with van der Waals surface area (Å²) in [6, 6.07) is 15.3. The van der Waals surface area contributed by atoms with Crippen LogP contribution in [0, 0.1) is 5.82 Å². The van der Waals surface area contributed by atoms with Gasteiger partial charge in [0.25, 0.3) is 5.56 Å². The molecule has 0 amide bonds. The number of nitrogens with zero attached hydrogens (tertiary/aromatic N) is 5. The molecule has 11 heteroatoms. The summed E-state index contributed by atoms with van der Waals surface area (Å²) in [6.07, 6.45) is 0. The average molecular weight is 466 g/mol. The maximum absolute atomic E-state index is 14.5. The number of nitrogens with two attached hydrogens (primary N) is 1. The van der Waals surface area contributed by atoms with Gasteiger partial charge in [0.2, 0.25) is 0 Å². The number of halogens is 1. The van der Waals surface area contributed by atoms with Gasteiger partial charge >= 0.3 is 5.69 Å². The van der Waals surface area contributed by atoms with E-state index in [2.05, 4.69) is 10.2 Å². The number of benzene rings is 2. The van der Waals surface area contributed by atoms with Crippen LogP contribution in [0.25, 0.3) is 17.1 Å². The van der Waals surface area contributed by atoms with E-state index in [0.29, 0.717) is 10.8 Å². The standard InChI is InChI=1S/C22H19FN6O3S/c1-27-18(24)17(20(31)28(2)22(27)32)16(30)12-33-21-26-25-19(14-10-6-7-11-15(14)23)29(21)13-8-4-3-5-9-13/h3-11H,12,24H2,1-2H3. The molecule has 0 atom stereocenters. The molecule has 2 aromatic heterocycles. The summed E-state index contributed by atoms with van der Waals surface area (Å²) in [5.41, 5.74) is 5.15. The van der Waals surface area contributed by atoms with Crippen molar-refractivity contribution in [1.29, 1.82) is 0 Å². The lowest BCUT2D eigenvalue weighted by atomic mass is 10.2. The van der Waals surface area contributed by atoms with Crippen LogP contribution in [0.3, 0.4) is 0 Å². The summed E-state index contributed by atoms with van der Waals surface area (Å²) in [7, 11) is 2.66. The van der Waals surface area contributed by atoms with E-state index in [4.69, 9.17) is 5.73 Å². The molecular weight excluding hydrogens is 447 g/mol. The number of nitrogen functional groups attached to an aromatic ring is 1. The third-order valence-corrected chi connectivity index (χ3v) is 6.01. The van der Waals surface area contributed by atoms with Crippen LogP contribution in [0.1, 0.15) is 10.4 Å². The zero-order chi connectivity index (χ0) is 23.7. The lowest BCUT2D eigenvalue weighted by molar-refractivity contribution is 0.102. The van der Waals surface area contributed by atoms with Gasteiger partial charge in [0, 0.05) is 19.8 Å². The Morgan fingerprint density at radius 2 is 1.67 bits per heavy atom. The molecule has 0 saturated heterocycles. The number of anilines is 1. The Balaban J connectivity index is 1.74. The van der Waals surface area contributed by atoms with Crippen molar-refractivity contribution in [3.8, 4) is 17.1 Å². The molecule has 33 heavy (non-hydrogen) atoms. The lowest BCUT2D eigenvalue weighted by Gasteiger charge is -2.12. The van der Waals surface area contributed by atoms with E-state index in [1.54, 1.807) is 34.9 Å². The minimum absolute atomic E-state index is 0.195. The molecule has 0 aliphatic rings. The van der Waals surface area contributed by atoms with E-state index < -0.39 is 22.8 Å². The molecule has 0 radical (unpaired) electrons. The van der Waals surface area contributed by atoms with E-state index >= 15 is 0 Å². The molecule has 4 aromatic rings. The van der Waals surface area contributed by atoms with Crippen molar-refractivity contribution in [3.05, 3.63) is 86.8 Å². The van der Waals surface area contributed by atoms with Crippen molar-refractivity contribution >= 4 is 23.4 Å². The van der Waals surface area contributed by atoms with Gasteiger partial charge in [-0.25, -0.2) is 9.18 Å². The van der Waals surface area contributed by atoms with Gasteiger partial charge in [0.15, 0.2) is 16.8 Å². The van der Waals surface area contributed by atoms with Crippen LogP contribution in [-0.4, -0.2) is 35.4 Å². The van der Waals surface area contributed by atoms with Crippen LogP contribution in [-0.2, 0) is 14.1 Å². The number of carbonyl (C=O) groups is 1. The van der Waals surface area contributed by atoms with E-state index in [-0.39, 0.29) is 28.5 Å². The number of hydrogen-bond donors (Lipinski definition) is 1. The van der Waals surface area contributed by atoms with Gasteiger partial charge in [-0.05, 0) is 24.3 Å². The second kappa shape index (κ2) is 8.87. The molecule has 4 rings (SSSR count). The number of para-hydroxylation sites is 1. The first kappa shape index (κ1) is 22.2. The Morgan fingerprint density at radius 1 is 1.00 bits per heavy atom. The molecule has 168 valence electrons. The maximum Gasteiger partial charge on any atom is 0.332 e. The summed E-state index contributed by atoms with van der Waals surface area (Å²) >= 11 is 1.03. The first-order valence-electron chi connectivity index (χ1n) is 9.78. The van der Waals surface area contributed by atoms with E-state index in [1.165, 1.54) is 20.2 Å². The molecule has 0 aliphatic heterocycles. The summed E-state index contributed by atoms with van der Waals surface area (Å²) in [4.78, 5) is 37.4. The predicted molar refractivity (Wildman–Crippen MR) is 123 cm³/mol. The second-order valence-electron chi connectivity index (χ2n) is 7.13. The highest BCUT2D eigenvalue weighted by Gasteiger charge is 2.23. The predicted octanol–water partition coefficient (Wildman–Crippen LogP) is 2.03. The van der Waals surface area contributed by atoms with Crippen molar-refractivity contribution in [3.63, 3.8) is 0 Å². The Bertz CT molecular complexity index is 1480. The van der Waals surface area contributed by atoms with Gasteiger partial charge in [-0.1, -0.05) is 42.1 Å². The van der Waals surface area contributed by atoms with Gasteiger partial charge in [0.05, 0.1) is 11.3 Å². The molecule has 9 nitrogen and oxygen atoms in total. The highest BCUT2D eigenvalue weighted by atomic mass is 32.2. The number of hydrogen-bond acceptors (Lipinski definition) is 7. The monoisotopic (exact) mass is 466 g/mol. The normalized spacial score (nSPS) is 11.0. The minimum atomic E-state index is -0.766. The fraction of sp³-hybridized carbons (Fsp3) is 0.136.